The summed E-state index contributed by atoms with van der Waals surface area (Å²) in [5.74, 6) is 0.963. The fourth-order valence-electron chi connectivity index (χ4n) is 3.05. The molecule has 1 heterocycles. The zero-order valence-electron chi connectivity index (χ0n) is 16.8. The molecule has 6 nitrogen and oxygen atoms in total. The van der Waals surface area contributed by atoms with Crippen LogP contribution in [-0.2, 0) is 9.59 Å². The van der Waals surface area contributed by atoms with Gasteiger partial charge in [0.05, 0.1) is 0 Å². The molecule has 0 aliphatic carbocycles. The van der Waals surface area contributed by atoms with Gasteiger partial charge in [-0.15, -0.1) is 0 Å². The van der Waals surface area contributed by atoms with Gasteiger partial charge in [0.2, 0.25) is 11.8 Å². The van der Waals surface area contributed by atoms with Gasteiger partial charge in [0, 0.05) is 18.3 Å². The molecule has 0 fully saturated rings. The smallest absolute Gasteiger partial charge is 0.247 e. The van der Waals surface area contributed by atoms with Gasteiger partial charge < -0.3 is 19.7 Å². The van der Waals surface area contributed by atoms with Crippen molar-refractivity contribution >= 4 is 23.6 Å². The van der Waals surface area contributed by atoms with E-state index in [1.54, 1.807) is 11.0 Å². The largest absolute Gasteiger partial charge is 0.486 e. The number of hydrogen-bond donors (Lipinski definition) is 1. The fraction of sp³-hybridized carbons (Fsp3) is 0.304. The first-order valence-corrected chi connectivity index (χ1v) is 9.79. The molecule has 1 N–H and O–H groups in total. The number of anilines is 1. The summed E-state index contributed by atoms with van der Waals surface area (Å²) in [6.07, 6.45) is 3.98. The highest BCUT2D eigenvalue weighted by Gasteiger charge is 2.15. The molecule has 6 heteroatoms. The molecule has 0 bridgehead atoms. The molecule has 0 aromatic heterocycles. The van der Waals surface area contributed by atoms with E-state index in [2.05, 4.69) is 5.32 Å². The fourth-order valence-corrected chi connectivity index (χ4v) is 3.05. The van der Waals surface area contributed by atoms with Gasteiger partial charge >= 0.3 is 0 Å². The van der Waals surface area contributed by atoms with Crippen LogP contribution >= 0.6 is 0 Å². The third-order valence-electron chi connectivity index (χ3n) is 4.54. The van der Waals surface area contributed by atoms with Crippen LogP contribution in [0, 0.1) is 6.92 Å². The third kappa shape index (κ3) is 5.60. The number of carbonyl (C=O) groups is 2. The van der Waals surface area contributed by atoms with Gasteiger partial charge in [-0.05, 0) is 48.7 Å². The minimum atomic E-state index is -0.214. The zero-order valence-corrected chi connectivity index (χ0v) is 16.8. The van der Waals surface area contributed by atoms with Gasteiger partial charge in [0.1, 0.15) is 19.8 Å². The Morgan fingerprint density at radius 3 is 2.62 bits per heavy atom. The van der Waals surface area contributed by atoms with E-state index in [-0.39, 0.29) is 18.4 Å². The van der Waals surface area contributed by atoms with E-state index < -0.39 is 0 Å². The van der Waals surface area contributed by atoms with Crippen LogP contribution in [-0.4, -0.2) is 43.0 Å². The van der Waals surface area contributed by atoms with Gasteiger partial charge in [-0.2, -0.15) is 0 Å². The van der Waals surface area contributed by atoms with Gasteiger partial charge in [0.15, 0.2) is 11.5 Å². The molecule has 0 radical (unpaired) electrons. The summed E-state index contributed by atoms with van der Waals surface area (Å²) in [4.78, 5) is 26.6. The Morgan fingerprint density at radius 1 is 1.10 bits per heavy atom. The number of nitrogens with zero attached hydrogens (tertiary/aromatic N) is 1. The number of nitrogens with one attached hydrogen (secondary N) is 1. The van der Waals surface area contributed by atoms with Crippen molar-refractivity contribution < 1.29 is 19.1 Å². The molecule has 3 rings (SSSR count). The van der Waals surface area contributed by atoms with Crippen molar-refractivity contribution in [3.8, 4) is 11.5 Å². The molecular weight excluding hydrogens is 368 g/mol. The number of aryl methyl sites for hydroxylation is 1. The standard InChI is InChI=1S/C23H26N2O4/c1-3-12-25(16-22(26)24-19-7-5-4-6-17(19)2)23(27)11-9-18-8-10-20-21(15-18)29-14-13-28-20/h4-11,15H,3,12-14,16H2,1-2H3,(H,24,26)/b11-9+. The average molecular weight is 394 g/mol. The summed E-state index contributed by atoms with van der Waals surface area (Å²) in [6.45, 7) is 5.47. The predicted molar refractivity (Wildman–Crippen MR) is 113 cm³/mol. The summed E-state index contributed by atoms with van der Waals surface area (Å²) in [5, 5.41) is 2.87. The third-order valence-corrected chi connectivity index (χ3v) is 4.54. The molecule has 0 atom stereocenters. The monoisotopic (exact) mass is 394 g/mol. The first-order chi connectivity index (χ1) is 14.1. The molecule has 0 saturated heterocycles. The minimum absolute atomic E-state index is 0.00644. The number of fused-ring (bicyclic) bond motifs is 1. The Hall–Kier alpha value is -3.28. The molecule has 152 valence electrons. The van der Waals surface area contributed by atoms with Crippen LogP contribution in [0.15, 0.2) is 48.5 Å². The molecule has 0 unspecified atom stereocenters. The first kappa shape index (κ1) is 20.5. The van der Waals surface area contributed by atoms with E-state index in [0.29, 0.717) is 31.3 Å². The Bertz CT molecular complexity index is 908. The van der Waals surface area contributed by atoms with Crippen LogP contribution in [0.5, 0.6) is 11.5 Å². The van der Waals surface area contributed by atoms with E-state index >= 15 is 0 Å². The Kier molecular flexibility index (Phi) is 6.89. The average Bonchev–Trinajstić information content (AvgIpc) is 2.73. The molecular formula is C23H26N2O4. The highest BCUT2D eigenvalue weighted by atomic mass is 16.6. The maximum absolute atomic E-state index is 12.7. The lowest BCUT2D eigenvalue weighted by molar-refractivity contribution is -0.130. The number of ether oxygens (including phenoxy) is 2. The summed E-state index contributed by atoms with van der Waals surface area (Å²) in [6, 6.07) is 13.1. The number of amides is 2. The van der Waals surface area contributed by atoms with Crippen LogP contribution in [0.1, 0.15) is 24.5 Å². The van der Waals surface area contributed by atoms with Crippen molar-refractivity contribution in [2.45, 2.75) is 20.3 Å². The lowest BCUT2D eigenvalue weighted by Crippen LogP contribution is -2.37. The summed E-state index contributed by atoms with van der Waals surface area (Å²) < 4.78 is 11.1. The Morgan fingerprint density at radius 2 is 1.86 bits per heavy atom. The number of carbonyl (C=O) groups excluding carboxylic acids is 2. The molecule has 1 aliphatic rings. The molecule has 0 saturated carbocycles. The highest BCUT2D eigenvalue weighted by molar-refractivity contribution is 5.98. The van der Waals surface area contributed by atoms with Crippen LogP contribution in [0.3, 0.4) is 0 Å². The second-order valence-corrected chi connectivity index (χ2v) is 6.86. The lowest BCUT2D eigenvalue weighted by Gasteiger charge is -2.20. The molecule has 1 aliphatic heterocycles. The van der Waals surface area contributed by atoms with Crippen LogP contribution in [0.2, 0.25) is 0 Å². The summed E-state index contributed by atoms with van der Waals surface area (Å²) in [5.41, 5.74) is 2.57. The van der Waals surface area contributed by atoms with Crippen molar-refractivity contribution in [2.24, 2.45) is 0 Å². The summed E-state index contributed by atoms with van der Waals surface area (Å²) in [7, 11) is 0. The maximum atomic E-state index is 12.7. The number of hydrogen-bond acceptors (Lipinski definition) is 4. The van der Waals surface area contributed by atoms with E-state index in [0.717, 1.165) is 23.2 Å². The van der Waals surface area contributed by atoms with Gasteiger partial charge in [-0.25, -0.2) is 0 Å². The molecule has 2 aromatic rings. The predicted octanol–water partition coefficient (Wildman–Crippen LogP) is 3.66. The zero-order chi connectivity index (χ0) is 20.6. The molecule has 2 amide bonds. The number of rotatable bonds is 7. The van der Waals surface area contributed by atoms with Crippen molar-refractivity contribution in [1.29, 1.82) is 0 Å². The van der Waals surface area contributed by atoms with Crippen molar-refractivity contribution in [1.82, 2.24) is 4.90 Å². The van der Waals surface area contributed by atoms with E-state index in [1.807, 2.05) is 56.3 Å². The van der Waals surface area contributed by atoms with Crippen LogP contribution in [0.4, 0.5) is 5.69 Å². The normalized spacial score (nSPS) is 12.6. The van der Waals surface area contributed by atoms with Gasteiger partial charge in [0.25, 0.3) is 0 Å². The minimum Gasteiger partial charge on any atom is -0.486 e. The van der Waals surface area contributed by atoms with Crippen molar-refractivity contribution in [2.75, 3.05) is 31.6 Å². The topological polar surface area (TPSA) is 67.9 Å². The first-order valence-electron chi connectivity index (χ1n) is 9.79. The molecule has 2 aromatic carbocycles. The second-order valence-electron chi connectivity index (χ2n) is 6.86. The van der Waals surface area contributed by atoms with Gasteiger partial charge in [-0.1, -0.05) is 31.2 Å². The lowest BCUT2D eigenvalue weighted by atomic mass is 10.1. The Balaban J connectivity index is 1.63. The van der Waals surface area contributed by atoms with E-state index in [4.69, 9.17) is 9.47 Å². The van der Waals surface area contributed by atoms with Crippen molar-refractivity contribution in [3.05, 3.63) is 59.7 Å². The van der Waals surface area contributed by atoms with E-state index in [1.165, 1.54) is 6.08 Å². The highest BCUT2D eigenvalue weighted by Crippen LogP contribution is 2.31. The van der Waals surface area contributed by atoms with Crippen molar-refractivity contribution in [3.63, 3.8) is 0 Å². The second kappa shape index (κ2) is 9.78. The van der Waals surface area contributed by atoms with E-state index in [9.17, 15) is 9.59 Å². The quantitative estimate of drug-likeness (QED) is 0.728. The molecule has 0 spiro atoms. The van der Waals surface area contributed by atoms with Crippen LogP contribution < -0.4 is 14.8 Å². The van der Waals surface area contributed by atoms with Gasteiger partial charge in [-0.3, -0.25) is 9.59 Å². The Labute approximate surface area is 171 Å². The molecule has 29 heavy (non-hydrogen) atoms. The maximum Gasteiger partial charge on any atom is 0.247 e. The number of para-hydroxylation sites is 1. The summed E-state index contributed by atoms with van der Waals surface area (Å²) >= 11 is 0. The van der Waals surface area contributed by atoms with Crippen LogP contribution in [0.25, 0.3) is 6.08 Å². The SMILES string of the molecule is CCCN(CC(=O)Nc1ccccc1C)C(=O)/C=C/c1ccc2c(c1)OCCO2. The number of benzene rings is 2.